The van der Waals surface area contributed by atoms with Gasteiger partial charge in [0, 0.05) is 5.56 Å². The third kappa shape index (κ3) is 3.65. The van der Waals surface area contributed by atoms with Gasteiger partial charge in [-0.1, -0.05) is 0 Å². The third-order valence-electron chi connectivity index (χ3n) is 2.12. The molecule has 0 N–H and O–H groups in total. The number of ether oxygens (including phenoxy) is 3. The molecule has 0 atom stereocenters. The highest BCUT2D eigenvalue weighted by molar-refractivity contribution is 5.78. The fourth-order valence-electron chi connectivity index (χ4n) is 1.51. The molecule has 1 aromatic rings. The maximum Gasteiger partial charge on any atom is 0.203 e. The van der Waals surface area contributed by atoms with Crippen molar-refractivity contribution < 1.29 is 19.0 Å². The Labute approximate surface area is 108 Å². The maximum absolute atomic E-state index is 10.9. The molecule has 0 fully saturated rings. The summed E-state index contributed by atoms with van der Waals surface area (Å²) in [6, 6.07) is 3.30. The summed E-state index contributed by atoms with van der Waals surface area (Å²) in [4.78, 5) is 10.9. The first-order chi connectivity index (χ1) is 8.47. The summed E-state index contributed by atoms with van der Waals surface area (Å²) in [5, 5.41) is 0. The highest BCUT2D eigenvalue weighted by Crippen LogP contribution is 2.39. The maximum atomic E-state index is 10.9. The SMILES string of the molecule is COc1cc(C=O)cc(OC(C)C)c1OC(C)C. The van der Waals surface area contributed by atoms with E-state index in [1.165, 1.54) is 7.11 Å². The molecule has 0 heterocycles. The lowest BCUT2D eigenvalue weighted by atomic mass is 10.2. The molecule has 0 spiro atoms. The number of benzene rings is 1. The Hall–Kier alpha value is -1.71. The fourth-order valence-corrected chi connectivity index (χ4v) is 1.51. The monoisotopic (exact) mass is 252 g/mol. The van der Waals surface area contributed by atoms with E-state index in [0.717, 1.165) is 6.29 Å². The van der Waals surface area contributed by atoms with E-state index >= 15 is 0 Å². The first-order valence-electron chi connectivity index (χ1n) is 5.98. The minimum absolute atomic E-state index is 0.00417. The zero-order chi connectivity index (χ0) is 13.7. The summed E-state index contributed by atoms with van der Waals surface area (Å²) in [6.45, 7) is 7.68. The van der Waals surface area contributed by atoms with Crippen molar-refractivity contribution in [2.45, 2.75) is 39.9 Å². The summed E-state index contributed by atoms with van der Waals surface area (Å²) in [5.74, 6) is 1.57. The molecule has 4 nitrogen and oxygen atoms in total. The second kappa shape index (κ2) is 6.28. The Bertz CT molecular complexity index is 411. The normalized spacial score (nSPS) is 10.6. The second-order valence-electron chi connectivity index (χ2n) is 4.50. The number of hydrogen-bond acceptors (Lipinski definition) is 4. The van der Waals surface area contributed by atoms with Crippen molar-refractivity contribution in [1.29, 1.82) is 0 Å². The molecule has 4 heteroatoms. The van der Waals surface area contributed by atoms with Gasteiger partial charge >= 0.3 is 0 Å². The number of hydrogen-bond donors (Lipinski definition) is 0. The van der Waals surface area contributed by atoms with E-state index in [4.69, 9.17) is 14.2 Å². The van der Waals surface area contributed by atoms with Gasteiger partial charge in [0.1, 0.15) is 6.29 Å². The van der Waals surface area contributed by atoms with Crippen molar-refractivity contribution in [3.8, 4) is 17.2 Å². The average Bonchev–Trinajstić information content (AvgIpc) is 2.29. The van der Waals surface area contributed by atoms with Crippen LogP contribution in [-0.4, -0.2) is 25.6 Å². The molecular formula is C14H20O4. The minimum atomic E-state index is -0.00822. The lowest BCUT2D eigenvalue weighted by Crippen LogP contribution is -2.12. The smallest absolute Gasteiger partial charge is 0.203 e. The average molecular weight is 252 g/mol. The van der Waals surface area contributed by atoms with Crippen molar-refractivity contribution in [3.63, 3.8) is 0 Å². The zero-order valence-corrected chi connectivity index (χ0v) is 11.5. The first-order valence-corrected chi connectivity index (χ1v) is 5.98. The molecule has 1 rings (SSSR count). The van der Waals surface area contributed by atoms with Gasteiger partial charge < -0.3 is 14.2 Å². The lowest BCUT2D eigenvalue weighted by molar-refractivity contribution is 0.112. The van der Waals surface area contributed by atoms with Crippen LogP contribution in [0.15, 0.2) is 12.1 Å². The van der Waals surface area contributed by atoms with E-state index in [9.17, 15) is 4.79 Å². The van der Waals surface area contributed by atoms with Gasteiger partial charge in [0.15, 0.2) is 11.5 Å². The quantitative estimate of drug-likeness (QED) is 0.730. The molecule has 0 radical (unpaired) electrons. The van der Waals surface area contributed by atoms with E-state index in [2.05, 4.69) is 0 Å². The molecule has 0 saturated carbocycles. The number of carbonyl (C=O) groups excluding carboxylic acids is 1. The van der Waals surface area contributed by atoms with Gasteiger partial charge in [0.05, 0.1) is 19.3 Å². The Morgan fingerprint density at radius 2 is 1.56 bits per heavy atom. The molecule has 0 aliphatic carbocycles. The molecule has 18 heavy (non-hydrogen) atoms. The van der Waals surface area contributed by atoms with Crippen LogP contribution in [-0.2, 0) is 0 Å². The number of rotatable bonds is 6. The summed E-state index contributed by atoms with van der Waals surface area (Å²) in [7, 11) is 1.54. The predicted molar refractivity (Wildman–Crippen MR) is 69.9 cm³/mol. The second-order valence-corrected chi connectivity index (χ2v) is 4.50. The number of aldehydes is 1. The van der Waals surface area contributed by atoms with Gasteiger partial charge in [-0.25, -0.2) is 0 Å². The molecule has 1 aromatic carbocycles. The van der Waals surface area contributed by atoms with E-state index in [-0.39, 0.29) is 12.2 Å². The molecule has 0 amide bonds. The van der Waals surface area contributed by atoms with Crippen LogP contribution in [0.25, 0.3) is 0 Å². The van der Waals surface area contributed by atoms with E-state index in [1.807, 2.05) is 27.7 Å². The summed E-state index contributed by atoms with van der Waals surface area (Å²) < 4.78 is 16.6. The van der Waals surface area contributed by atoms with Crippen LogP contribution < -0.4 is 14.2 Å². The fraction of sp³-hybridized carbons (Fsp3) is 0.500. The van der Waals surface area contributed by atoms with Crippen LogP contribution in [0.4, 0.5) is 0 Å². The molecule has 0 bridgehead atoms. The highest BCUT2D eigenvalue weighted by atomic mass is 16.5. The van der Waals surface area contributed by atoms with Gasteiger partial charge in [-0.15, -0.1) is 0 Å². The van der Waals surface area contributed by atoms with Crippen LogP contribution in [0.3, 0.4) is 0 Å². The molecule has 0 aromatic heterocycles. The van der Waals surface area contributed by atoms with Crippen molar-refractivity contribution in [1.82, 2.24) is 0 Å². The van der Waals surface area contributed by atoms with Gasteiger partial charge in [0.25, 0.3) is 0 Å². The highest BCUT2D eigenvalue weighted by Gasteiger charge is 2.16. The summed E-state index contributed by atoms with van der Waals surface area (Å²) >= 11 is 0. The molecule has 0 aliphatic heterocycles. The van der Waals surface area contributed by atoms with Crippen molar-refractivity contribution >= 4 is 6.29 Å². The van der Waals surface area contributed by atoms with E-state index in [0.29, 0.717) is 22.8 Å². The molecule has 0 unspecified atom stereocenters. The lowest BCUT2D eigenvalue weighted by Gasteiger charge is -2.19. The zero-order valence-electron chi connectivity index (χ0n) is 11.5. The van der Waals surface area contributed by atoms with Crippen LogP contribution in [0, 0.1) is 0 Å². The van der Waals surface area contributed by atoms with Gasteiger partial charge in [-0.2, -0.15) is 0 Å². The summed E-state index contributed by atoms with van der Waals surface area (Å²) in [6.07, 6.45) is 0.746. The van der Waals surface area contributed by atoms with Gasteiger partial charge in [0.2, 0.25) is 5.75 Å². The van der Waals surface area contributed by atoms with Crippen molar-refractivity contribution in [2.75, 3.05) is 7.11 Å². The number of carbonyl (C=O) groups is 1. The van der Waals surface area contributed by atoms with Crippen molar-refractivity contribution in [2.24, 2.45) is 0 Å². The van der Waals surface area contributed by atoms with Crippen LogP contribution in [0.5, 0.6) is 17.2 Å². The Morgan fingerprint density at radius 1 is 1.00 bits per heavy atom. The van der Waals surface area contributed by atoms with Gasteiger partial charge in [-0.05, 0) is 39.8 Å². The summed E-state index contributed by atoms with van der Waals surface area (Å²) in [5.41, 5.74) is 0.499. The van der Waals surface area contributed by atoms with Crippen LogP contribution >= 0.6 is 0 Å². The van der Waals surface area contributed by atoms with E-state index in [1.54, 1.807) is 12.1 Å². The molecule has 0 aliphatic rings. The van der Waals surface area contributed by atoms with E-state index < -0.39 is 0 Å². The Morgan fingerprint density at radius 3 is 2.00 bits per heavy atom. The first kappa shape index (κ1) is 14.4. The van der Waals surface area contributed by atoms with Crippen molar-refractivity contribution in [3.05, 3.63) is 17.7 Å². The van der Waals surface area contributed by atoms with Crippen LogP contribution in [0.1, 0.15) is 38.1 Å². The van der Waals surface area contributed by atoms with Crippen LogP contribution in [0.2, 0.25) is 0 Å². The van der Waals surface area contributed by atoms with Gasteiger partial charge in [-0.3, -0.25) is 4.79 Å². The number of methoxy groups -OCH3 is 1. The molecular weight excluding hydrogens is 232 g/mol. The minimum Gasteiger partial charge on any atom is -0.493 e. The largest absolute Gasteiger partial charge is 0.493 e. The molecule has 100 valence electrons. The molecule has 0 saturated heterocycles. The third-order valence-corrected chi connectivity index (χ3v) is 2.12. The predicted octanol–water partition coefficient (Wildman–Crippen LogP) is 3.08. The Kier molecular flexibility index (Phi) is 5.01. The topological polar surface area (TPSA) is 44.8 Å². The Balaban J connectivity index is 3.26. The standard InChI is InChI=1S/C14H20O4/c1-9(2)17-13-7-11(8-15)6-12(16-5)14(13)18-10(3)4/h6-10H,1-5H3.